The lowest BCUT2D eigenvalue weighted by Crippen LogP contribution is -2.37. The van der Waals surface area contributed by atoms with Crippen molar-refractivity contribution in [1.82, 2.24) is 24.6 Å². The van der Waals surface area contributed by atoms with Gasteiger partial charge in [-0.1, -0.05) is 6.92 Å². The van der Waals surface area contributed by atoms with Gasteiger partial charge in [-0.15, -0.1) is 0 Å². The largest absolute Gasteiger partial charge is 0.476 e. The zero-order valence-electron chi connectivity index (χ0n) is 14.7. The Labute approximate surface area is 149 Å². The van der Waals surface area contributed by atoms with Crippen molar-refractivity contribution in [2.45, 2.75) is 32.3 Å². The second-order valence-corrected chi connectivity index (χ2v) is 8.07. The summed E-state index contributed by atoms with van der Waals surface area (Å²) in [6.45, 7) is 4.42. The van der Waals surface area contributed by atoms with Gasteiger partial charge in [0.25, 0.3) is 0 Å². The molecule has 2 fully saturated rings. The van der Waals surface area contributed by atoms with Crippen molar-refractivity contribution in [2.75, 3.05) is 26.0 Å². The number of nitrogen functional groups attached to an aromatic ring is 1. The van der Waals surface area contributed by atoms with Crippen LogP contribution in [0.4, 0.5) is 5.95 Å². The summed E-state index contributed by atoms with van der Waals surface area (Å²) in [5.41, 5.74) is 6.83. The molecule has 0 spiro atoms. The van der Waals surface area contributed by atoms with Gasteiger partial charge in [0.05, 0.1) is 19.5 Å². The van der Waals surface area contributed by atoms with E-state index in [9.17, 15) is 4.57 Å². The molecule has 0 saturated carbocycles. The first kappa shape index (κ1) is 17.6. The molecule has 26 heavy (non-hydrogen) atoms. The number of imidazole rings is 1. The Hall–Kier alpha value is -1.78. The van der Waals surface area contributed by atoms with Crippen molar-refractivity contribution in [2.24, 2.45) is 5.92 Å². The molecule has 4 rings (SSSR count). The molecular weight excluding hydrogens is 363 g/mol. The van der Waals surface area contributed by atoms with E-state index in [-0.39, 0.29) is 30.7 Å². The molecule has 4 heterocycles. The quantitative estimate of drug-likeness (QED) is 0.737. The number of anilines is 1. The molecule has 0 bridgehead atoms. The van der Waals surface area contributed by atoms with Crippen molar-refractivity contribution in [3.05, 3.63) is 6.33 Å². The molecule has 142 valence electrons. The normalized spacial score (nSPS) is 34.1. The second-order valence-electron chi connectivity index (χ2n) is 6.16. The molecule has 0 aliphatic carbocycles. The molecule has 2 unspecified atom stereocenters. The summed E-state index contributed by atoms with van der Waals surface area (Å²) in [6, 6.07) is 0. The van der Waals surface area contributed by atoms with Crippen LogP contribution in [-0.2, 0) is 18.3 Å². The Bertz CT molecular complexity index is 875. The Morgan fingerprint density at radius 1 is 1.50 bits per heavy atom. The first-order chi connectivity index (χ1) is 12.5. The van der Waals surface area contributed by atoms with Crippen LogP contribution in [0.25, 0.3) is 11.2 Å². The van der Waals surface area contributed by atoms with Crippen LogP contribution in [0.3, 0.4) is 0 Å². The Balaban J connectivity index is 1.69. The minimum absolute atomic E-state index is 0.0880. The highest BCUT2D eigenvalue weighted by Crippen LogP contribution is 2.54. The predicted molar refractivity (Wildman–Crippen MR) is 91.5 cm³/mol. The molecule has 3 N–H and O–H groups in total. The van der Waals surface area contributed by atoms with Gasteiger partial charge in [-0.3, -0.25) is 13.6 Å². The Morgan fingerprint density at radius 3 is 3.04 bits per heavy atom. The van der Waals surface area contributed by atoms with Crippen molar-refractivity contribution in [1.29, 1.82) is 0 Å². The van der Waals surface area contributed by atoms with Gasteiger partial charge in [0, 0.05) is 5.92 Å². The van der Waals surface area contributed by atoms with E-state index in [1.165, 1.54) is 7.05 Å². The minimum Gasteiger partial charge on any atom is -0.476 e. The van der Waals surface area contributed by atoms with E-state index in [4.69, 9.17) is 24.3 Å². The van der Waals surface area contributed by atoms with Gasteiger partial charge in [-0.05, 0) is 14.0 Å². The van der Waals surface area contributed by atoms with Gasteiger partial charge >= 0.3 is 7.75 Å². The number of nitrogens with zero attached hydrogens (tertiary/aromatic N) is 4. The molecule has 2 aromatic heterocycles. The van der Waals surface area contributed by atoms with Crippen LogP contribution < -0.4 is 15.6 Å². The summed E-state index contributed by atoms with van der Waals surface area (Å²) < 4.78 is 36.7. The van der Waals surface area contributed by atoms with Crippen LogP contribution in [0.5, 0.6) is 5.88 Å². The molecule has 5 atom stereocenters. The van der Waals surface area contributed by atoms with Gasteiger partial charge in [0.2, 0.25) is 11.8 Å². The van der Waals surface area contributed by atoms with Gasteiger partial charge in [0.1, 0.15) is 18.4 Å². The molecule has 0 radical (unpaired) electrons. The number of ether oxygens (including phenoxy) is 2. The number of nitrogens with one attached hydrogen (secondary N) is 1. The van der Waals surface area contributed by atoms with Crippen molar-refractivity contribution < 1.29 is 23.1 Å². The maximum Gasteiger partial charge on any atom is 0.405 e. The fourth-order valence-corrected chi connectivity index (χ4v) is 4.59. The predicted octanol–water partition coefficient (Wildman–Crippen LogP) is 1.08. The molecule has 0 amide bonds. The van der Waals surface area contributed by atoms with Crippen molar-refractivity contribution >= 4 is 24.9 Å². The lowest BCUT2D eigenvalue weighted by Gasteiger charge is -2.31. The van der Waals surface area contributed by atoms with Crippen LogP contribution in [0.2, 0.25) is 0 Å². The van der Waals surface area contributed by atoms with E-state index in [0.29, 0.717) is 23.7 Å². The van der Waals surface area contributed by atoms with Crippen LogP contribution >= 0.6 is 7.75 Å². The zero-order valence-corrected chi connectivity index (χ0v) is 15.6. The van der Waals surface area contributed by atoms with Crippen LogP contribution in [0, 0.1) is 5.92 Å². The summed E-state index contributed by atoms with van der Waals surface area (Å²) in [7, 11) is -1.76. The molecule has 11 nitrogen and oxygen atoms in total. The fraction of sp³-hybridized carbons (Fsp3) is 0.643. The summed E-state index contributed by atoms with van der Waals surface area (Å²) in [5.74, 6) is 0.302. The first-order valence-electron chi connectivity index (χ1n) is 8.36. The van der Waals surface area contributed by atoms with Crippen LogP contribution in [-0.4, -0.2) is 52.0 Å². The first-order valence-corrected chi connectivity index (χ1v) is 9.90. The summed E-state index contributed by atoms with van der Waals surface area (Å²) in [6.07, 6.45) is 0.465. The van der Waals surface area contributed by atoms with Crippen LogP contribution in [0.1, 0.15) is 20.1 Å². The number of hydrogen-bond acceptors (Lipinski definition) is 9. The number of nitrogens with two attached hydrogens (primary N) is 1. The Kier molecular flexibility index (Phi) is 4.36. The van der Waals surface area contributed by atoms with Crippen LogP contribution in [0.15, 0.2) is 6.33 Å². The van der Waals surface area contributed by atoms with Gasteiger partial charge in [0.15, 0.2) is 11.2 Å². The number of fused-ring (bicyclic) bond motifs is 2. The highest BCUT2D eigenvalue weighted by Gasteiger charge is 2.51. The Morgan fingerprint density at radius 2 is 2.31 bits per heavy atom. The molecule has 2 aliphatic rings. The second kappa shape index (κ2) is 6.43. The molecule has 0 aromatic carbocycles. The molecule has 12 heteroatoms. The maximum atomic E-state index is 12.4. The fourth-order valence-electron chi connectivity index (χ4n) is 3.31. The number of aromatic nitrogens is 4. The number of hydrogen-bond donors (Lipinski definition) is 2. The third-order valence-corrected chi connectivity index (χ3v) is 6.11. The lowest BCUT2D eigenvalue weighted by molar-refractivity contribution is -0.0581. The van der Waals surface area contributed by atoms with E-state index < -0.39 is 14.0 Å². The van der Waals surface area contributed by atoms with E-state index >= 15 is 0 Å². The molecular formula is C14H21N6O5P. The van der Waals surface area contributed by atoms with Crippen molar-refractivity contribution in [3.8, 4) is 5.88 Å². The summed E-state index contributed by atoms with van der Waals surface area (Å²) in [4.78, 5) is 12.7. The van der Waals surface area contributed by atoms with Gasteiger partial charge in [-0.25, -0.2) is 14.6 Å². The summed E-state index contributed by atoms with van der Waals surface area (Å²) in [5, 5.41) is 2.60. The highest BCUT2D eigenvalue weighted by atomic mass is 31.2. The zero-order chi connectivity index (χ0) is 18.5. The van der Waals surface area contributed by atoms with Gasteiger partial charge < -0.3 is 15.2 Å². The molecule has 2 aliphatic heterocycles. The lowest BCUT2D eigenvalue weighted by atomic mass is 10.0. The van der Waals surface area contributed by atoms with E-state index in [1.54, 1.807) is 10.9 Å². The maximum absolute atomic E-state index is 12.4. The average molecular weight is 384 g/mol. The minimum atomic E-state index is -3.30. The SMILES string of the molecule is CCOc1nc(N)nc2c1ncn2[C@@H]1O[C@@H]2COP(=O)(NC)O[C@H]2C1C. The topological polar surface area (TPSA) is 136 Å². The standard InChI is InChI=1S/C14H21N6O5P/c1-4-22-12-9-11(18-14(15)19-12)20(6-17-9)13-7(2)10-8(24-13)5-23-26(21,16-3)25-10/h6-8,10,13H,4-5H2,1-3H3,(H,16,21)(H2,15,18,19)/t7?,8-,10+,13-,26?/m1/s1. The monoisotopic (exact) mass is 384 g/mol. The third-order valence-electron chi connectivity index (χ3n) is 4.55. The third kappa shape index (κ3) is 2.76. The van der Waals surface area contributed by atoms with E-state index in [2.05, 4.69) is 20.0 Å². The van der Waals surface area contributed by atoms with E-state index in [1.807, 2.05) is 13.8 Å². The summed E-state index contributed by atoms with van der Waals surface area (Å²) >= 11 is 0. The van der Waals surface area contributed by atoms with Gasteiger partial charge in [-0.2, -0.15) is 9.97 Å². The van der Waals surface area contributed by atoms with E-state index in [0.717, 1.165) is 0 Å². The highest BCUT2D eigenvalue weighted by molar-refractivity contribution is 7.51. The van der Waals surface area contributed by atoms with Crippen molar-refractivity contribution in [3.63, 3.8) is 0 Å². The molecule has 2 saturated heterocycles. The smallest absolute Gasteiger partial charge is 0.405 e. The average Bonchev–Trinajstić information content (AvgIpc) is 3.17. The number of rotatable bonds is 4. The molecule has 2 aromatic rings.